The minimum absolute atomic E-state index is 0.0767. The zero-order valence-electron chi connectivity index (χ0n) is 21.1. The van der Waals surface area contributed by atoms with Gasteiger partial charge in [-0.1, -0.05) is 36.4 Å². The number of hydrogen-bond donors (Lipinski definition) is 1. The minimum atomic E-state index is -0.0767. The van der Waals surface area contributed by atoms with Gasteiger partial charge < -0.3 is 5.32 Å². The molecule has 0 bridgehead atoms. The molecular formula is C30H32N6. The van der Waals surface area contributed by atoms with E-state index in [4.69, 9.17) is 9.97 Å². The third-order valence-electron chi connectivity index (χ3n) is 7.41. The summed E-state index contributed by atoms with van der Waals surface area (Å²) in [5.41, 5.74) is 4.89. The predicted molar refractivity (Wildman–Crippen MR) is 147 cm³/mol. The van der Waals surface area contributed by atoms with Crippen molar-refractivity contribution in [1.82, 2.24) is 24.3 Å². The molecule has 6 nitrogen and oxygen atoms in total. The number of anilines is 1. The van der Waals surface area contributed by atoms with Crippen LogP contribution in [0.2, 0.25) is 0 Å². The van der Waals surface area contributed by atoms with Crippen LogP contribution in [-0.4, -0.2) is 48.9 Å². The molecule has 1 atom stereocenters. The van der Waals surface area contributed by atoms with Crippen LogP contribution in [0.15, 0.2) is 79.4 Å². The molecule has 36 heavy (non-hydrogen) atoms. The number of rotatable bonds is 5. The Labute approximate surface area is 212 Å². The molecule has 0 amide bonds. The zero-order chi connectivity index (χ0) is 24.7. The lowest BCUT2D eigenvalue weighted by Crippen LogP contribution is -2.53. The first-order valence-corrected chi connectivity index (χ1v) is 12.8. The molecule has 1 saturated heterocycles. The minimum Gasteiger partial charge on any atom is -0.349 e. The first-order valence-electron chi connectivity index (χ1n) is 12.8. The fourth-order valence-electron chi connectivity index (χ4n) is 5.49. The van der Waals surface area contributed by atoms with Crippen molar-refractivity contribution in [3.63, 3.8) is 0 Å². The van der Waals surface area contributed by atoms with E-state index in [1.807, 2.05) is 36.9 Å². The second kappa shape index (κ2) is 9.03. The number of fused-ring (bicyclic) bond motifs is 2. The lowest BCUT2D eigenvalue weighted by molar-refractivity contribution is 0.137. The Morgan fingerprint density at radius 1 is 0.944 bits per heavy atom. The zero-order valence-corrected chi connectivity index (χ0v) is 21.1. The maximum atomic E-state index is 5.27. The van der Waals surface area contributed by atoms with Gasteiger partial charge in [-0.3, -0.25) is 14.3 Å². The first kappa shape index (κ1) is 22.7. The van der Waals surface area contributed by atoms with Crippen molar-refractivity contribution in [2.24, 2.45) is 0 Å². The van der Waals surface area contributed by atoms with Gasteiger partial charge in [-0.25, -0.2) is 9.97 Å². The largest absolute Gasteiger partial charge is 0.349 e. The number of hydrogen-bond acceptors (Lipinski definition) is 5. The van der Waals surface area contributed by atoms with Crippen LogP contribution >= 0.6 is 0 Å². The van der Waals surface area contributed by atoms with Gasteiger partial charge >= 0.3 is 0 Å². The van der Waals surface area contributed by atoms with E-state index < -0.39 is 0 Å². The highest BCUT2D eigenvalue weighted by Gasteiger charge is 2.33. The summed E-state index contributed by atoms with van der Waals surface area (Å²) in [6.07, 6.45) is 9.80. The van der Waals surface area contributed by atoms with Crippen LogP contribution in [0.4, 0.5) is 5.95 Å². The lowest BCUT2D eigenvalue weighted by atomic mass is 9.90. The highest BCUT2D eigenvalue weighted by molar-refractivity contribution is 5.95. The molecule has 1 fully saturated rings. The summed E-state index contributed by atoms with van der Waals surface area (Å²) in [5, 5.41) is 6.26. The first-order chi connectivity index (χ1) is 17.5. The molecule has 2 aromatic carbocycles. The van der Waals surface area contributed by atoms with Crippen LogP contribution in [-0.2, 0) is 0 Å². The molecule has 1 aliphatic rings. The van der Waals surface area contributed by atoms with E-state index in [0.717, 1.165) is 53.5 Å². The summed E-state index contributed by atoms with van der Waals surface area (Å²) in [6.45, 7) is 9.00. The lowest BCUT2D eigenvalue weighted by Gasteiger charge is -2.43. The Morgan fingerprint density at radius 3 is 2.56 bits per heavy atom. The summed E-state index contributed by atoms with van der Waals surface area (Å²) in [7, 11) is 0. The smallest absolute Gasteiger partial charge is 0.209 e. The van der Waals surface area contributed by atoms with Crippen molar-refractivity contribution in [1.29, 1.82) is 0 Å². The Morgan fingerprint density at radius 2 is 1.75 bits per heavy atom. The molecule has 6 heteroatoms. The van der Waals surface area contributed by atoms with Crippen LogP contribution in [0.5, 0.6) is 0 Å². The van der Waals surface area contributed by atoms with Crippen molar-refractivity contribution < 1.29 is 0 Å². The highest BCUT2D eigenvalue weighted by atomic mass is 15.3. The van der Waals surface area contributed by atoms with Crippen LogP contribution in [0.25, 0.3) is 38.8 Å². The number of piperidine rings is 1. The normalized spacial score (nSPS) is 18.8. The van der Waals surface area contributed by atoms with E-state index in [2.05, 4.69) is 82.8 Å². The average Bonchev–Trinajstić information content (AvgIpc) is 3.39. The van der Waals surface area contributed by atoms with E-state index in [1.165, 1.54) is 17.2 Å². The van der Waals surface area contributed by atoms with Crippen LogP contribution < -0.4 is 5.32 Å². The molecule has 0 saturated carbocycles. The fraction of sp³-hybridized carbons (Fsp3) is 0.300. The number of pyridine rings is 1. The third kappa shape index (κ3) is 4.11. The van der Waals surface area contributed by atoms with E-state index in [1.54, 1.807) is 0 Å². The third-order valence-corrected chi connectivity index (χ3v) is 7.41. The van der Waals surface area contributed by atoms with Crippen molar-refractivity contribution >= 4 is 22.4 Å². The summed E-state index contributed by atoms with van der Waals surface area (Å²) >= 11 is 0. The predicted octanol–water partition coefficient (Wildman–Crippen LogP) is 6.29. The number of imidazole rings is 1. The van der Waals surface area contributed by atoms with E-state index in [9.17, 15) is 0 Å². The number of benzene rings is 2. The second-order valence-corrected chi connectivity index (χ2v) is 10.4. The summed E-state index contributed by atoms with van der Waals surface area (Å²) in [5.74, 6) is 0.826. The van der Waals surface area contributed by atoms with Crippen LogP contribution in [0.3, 0.4) is 0 Å². The second-order valence-electron chi connectivity index (χ2n) is 10.4. The van der Waals surface area contributed by atoms with Crippen molar-refractivity contribution in [2.75, 3.05) is 18.4 Å². The number of likely N-dealkylation sites (tertiary alicyclic amines) is 1. The molecule has 0 spiro atoms. The van der Waals surface area contributed by atoms with Crippen molar-refractivity contribution in [3.8, 4) is 22.4 Å². The molecule has 1 N–H and O–H groups in total. The van der Waals surface area contributed by atoms with Crippen LogP contribution in [0.1, 0.15) is 33.6 Å². The van der Waals surface area contributed by atoms with Crippen molar-refractivity contribution in [3.05, 3.63) is 79.4 Å². The van der Waals surface area contributed by atoms with E-state index >= 15 is 0 Å². The molecule has 4 heterocycles. The molecule has 5 aromatic rings. The Hall–Kier alpha value is -3.77. The van der Waals surface area contributed by atoms with Gasteiger partial charge in [0.25, 0.3) is 0 Å². The molecule has 1 aliphatic heterocycles. The Balaban J connectivity index is 1.53. The monoisotopic (exact) mass is 476 g/mol. The summed E-state index contributed by atoms with van der Waals surface area (Å²) in [4.78, 5) is 16.9. The number of nitrogens with zero attached hydrogens (tertiary/aromatic N) is 5. The number of aromatic nitrogens is 4. The average molecular weight is 477 g/mol. The molecule has 0 unspecified atom stereocenters. The Bertz CT molecular complexity index is 1520. The highest BCUT2D eigenvalue weighted by Crippen LogP contribution is 2.37. The van der Waals surface area contributed by atoms with Gasteiger partial charge in [-0.2, -0.15) is 0 Å². The van der Waals surface area contributed by atoms with Gasteiger partial charge in [-0.15, -0.1) is 0 Å². The maximum Gasteiger partial charge on any atom is 0.209 e. The SMILES string of the molecule is CC(C)N1CCC[C@](C)(Nc2nc(-c3ccncc3)c(-c3ccc4ccccc4c3)c3nccn23)C1. The van der Waals surface area contributed by atoms with Gasteiger partial charge in [0.1, 0.15) is 5.65 Å². The number of nitrogens with one attached hydrogen (secondary N) is 1. The van der Waals surface area contributed by atoms with Gasteiger partial charge in [0.2, 0.25) is 5.95 Å². The van der Waals surface area contributed by atoms with Crippen LogP contribution in [0, 0.1) is 0 Å². The quantitative estimate of drug-likeness (QED) is 0.323. The van der Waals surface area contributed by atoms with Crippen molar-refractivity contribution in [2.45, 2.75) is 45.2 Å². The summed E-state index contributed by atoms with van der Waals surface area (Å²) in [6, 6.07) is 19.6. The molecule has 0 aliphatic carbocycles. The fourth-order valence-corrected chi connectivity index (χ4v) is 5.49. The topological polar surface area (TPSA) is 58.3 Å². The molecule has 3 aromatic heterocycles. The van der Waals surface area contributed by atoms with Gasteiger partial charge in [0.05, 0.1) is 16.8 Å². The van der Waals surface area contributed by atoms with Gasteiger partial charge in [-0.05, 0) is 74.7 Å². The molecule has 6 rings (SSSR count). The summed E-state index contributed by atoms with van der Waals surface area (Å²) < 4.78 is 2.11. The Kier molecular flexibility index (Phi) is 5.69. The van der Waals surface area contributed by atoms with Gasteiger partial charge in [0, 0.05) is 42.9 Å². The molecule has 182 valence electrons. The standard InChI is InChI=1S/C30H32N6/c1-21(2)35-17-6-13-30(3,20-35)34-29-33-27(23-11-14-31-15-12-23)26(28-32-16-18-36(28)29)25-10-9-22-7-4-5-8-24(22)19-25/h4-5,7-12,14-16,18-19,21H,6,13,17,20H2,1-3H3,(H,33,34)/t30-/m0/s1. The molecular weight excluding hydrogens is 444 g/mol. The van der Waals surface area contributed by atoms with Gasteiger partial charge in [0.15, 0.2) is 0 Å². The molecule has 0 radical (unpaired) electrons. The van der Waals surface area contributed by atoms with E-state index in [-0.39, 0.29) is 5.54 Å². The maximum absolute atomic E-state index is 5.27. The van der Waals surface area contributed by atoms with E-state index in [0.29, 0.717) is 6.04 Å².